The molecule has 0 fully saturated rings. The monoisotopic (exact) mass is 449 g/mol. The Morgan fingerprint density at radius 3 is 2.79 bits per heavy atom. The van der Waals surface area contributed by atoms with E-state index in [0.717, 1.165) is 32.5 Å². The van der Waals surface area contributed by atoms with Crippen molar-refractivity contribution in [1.29, 1.82) is 0 Å². The normalized spacial score (nSPS) is 22.9. The summed E-state index contributed by atoms with van der Waals surface area (Å²) in [5.74, 6) is 0.884. The van der Waals surface area contributed by atoms with Gasteiger partial charge in [-0.25, -0.2) is 0 Å². The fraction of sp³-hybridized carbons (Fsp3) is 0.250. The van der Waals surface area contributed by atoms with Gasteiger partial charge in [0.25, 0.3) is 0 Å². The summed E-state index contributed by atoms with van der Waals surface area (Å²) in [5.41, 5.74) is 3.24. The maximum absolute atomic E-state index is 6.53. The molecule has 1 aliphatic heterocycles. The second-order valence-corrected chi connectivity index (χ2v) is 7.72. The van der Waals surface area contributed by atoms with Gasteiger partial charge in [0.05, 0.1) is 5.02 Å². The zero-order valence-corrected chi connectivity index (χ0v) is 16.2. The van der Waals surface area contributed by atoms with Crippen molar-refractivity contribution in [3.8, 4) is 5.75 Å². The zero-order chi connectivity index (χ0) is 16.7. The first-order valence-corrected chi connectivity index (χ1v) is 9.88. The van der Waals surface area contributed by atoms with E-state index in [2.05, 4.69) is 64.8 Å². The molecular formula is C20H17ClINO. The van der Waals surface area contributed by atoms with Crippen molar-refractivity contribution in [3.63, 3.8) is 0 Å². The highest BCUT2D eigenvalue weighted by Crippen LogP contribution is 2.50. The Hall–Kier alpha value is -1.33. The first kappa shape index (κ1) is 16.2. The number of rotatable bonds is 2. The third-order valence-electron chi connectivity index (χ3n) is 4.81. The SMILES string of the molecule is C[C@]1(CI)C[C@H](c2ccccc2)Oc2c1cc(Cl)c1cccnc21. The number of alkyl halides is 1. The zero-order valence-electron chi connectivity index (χ0n) is 13.3. The molecule has 4 rings (SSSR count). The van der Waals surface area contributed by atoms with Gasteiger partial charge in [-0.05, 0) is 30.2 Å². The molecule has 0 saturated carbocycles. The number of benzene rings is 2. The van der Waals surface area contributed by atoms with Gasteiger partial charge < -0.3 is 4.74 Å². The number of halogens is 2. The summed E-state index contributed by atoms with van der Waals surface area (Å²) in [7, 11) is 0. The Labute approximate surface area is 160 Å². The maximum Gasteiger partial charge on any atom is 0.150 e. The second-order valence-electron chi connectivity index (χ2n) is 6.55. The van der Waals surface area contributed by atoms with Crippen LogP contribution in [0, 0.1) is 0 Å². The first-order valence-electron chi connectivity index (χ1n) is 7.98. The average molecular weight is 450 g/mol. The molecule has 24 heavy (non-hydrogen) atoms. The predicted molar refractivity (Wildman–Crippen MR) is 107 cm³/mol. The quantitative estimate of drug-likeness (QED) is 0.348. The summed E-state index contributed by atoms with van der Waals surface area (Å²) in [5, 5.41) is 1.69. The number of hydrogen-bond donors (Lipinski definition) is 0. The highest BCUT2D eigenvalue weighted by molar-refractivity contribution is 14.1. The van der Waals surface area contributed by atoms with Crippen molar-refractivity contribution < 1.29 is 4.74 Å². The van der Waals surface area contributed by atoms with Crippen molar-refractivity contribution in [2.24, 2.45) is 0 Å². The van der Waals surface area contributed by atoms with Crippen LogP contribution in [0.15, 0.2) is 54.7 Å². The lowest BCUT2D eigenvalue weighted by Gasteiger charge is -2.39. The molecule has 2 heterocycles. The number of ether oxygens (including phenoxy) is 1. The molecule has 2 aromatic carbocycles. The molecule has 0 bridgehead atoms. The molecule has 3 aromatic rings. The predicted octanol–water partition coefficient (Wildman–Crippen LogP) is 6.10. The highest BCUT2D eigenvalue weighted by atomic mass is 127. The van der Waals surface area contributed by atoms with Crippen LogP contribution in [0.25, 0.3) is 10.9 Å². The van der Waals surface area contributed by atoms with Gasteiger partial charge in [-0.2, -0.15) is 0 Å². The average Bonchev–Trinajstić information content (AvgIpc) is 2.63. The van der Waals surface area contributed by atoms with Crippen LogP contribution in [0.3, 0.4) is 0 Å². The minimum Gasteiger partial charge on any atom is -0.483 e. The molecule has 0 radical (unpaired) electrons. The summed E-state index contributed by atoms with van der Waals surface area (Å²) in [6, 6.07) is 16.4. The Morgan fingerprint density at radius 2 is 2.04 bits per heavy atom. The lowest BCUT2D eigenvalue weighted by Crippen LogP contribution is -2.33. The van der Waals surface area contributed by atoms with Crippen LogP contribution in [0.1, 0.15) is 30.6 Å². The van der Waals surface area contributed by atoms with Crippen molar-refractivity contribution in [2.75, 3.05) is 4.43 Å². The Balaban J connectivity index is 1.94. The summed E-state index contributed by atoms with van der Waals surface area (Å²) in [4.78, 5) is 4.57. The Kier molecular flexibility index (Phi) is 4.17. The molecule has 0 aliphatic carbocycles. The lowest BCUT2D eigenvalue weighted by atomic mass is 9.75. The first-order chi connectivity index (χ1) is 11.6. The van der Waals surface area contributed by atoms with E-state index in [4.69, 9.17) is 16.3 Å². The maximum atomic E-state index is 6.53. The summed E-state index contributed by atoms with van der Waals surface area (Å²) in [6.45, 7) is 2.29. The van der Waals surface area contributed by atoms with Crippen LogP contribution in [0.2, 0.25) is 5.02 Å². The van der Waals surface area contributed by atoms with E-state index in [0.29, 0.717) is 0 Å². The van der Waals surface area contributed by atoms with Crippen molar-refractivity contribution in [2.45, 2.75) is 24.9 Å². The molecule has 4 heteroatoms. The Morgan fingerprint density at radius 1 is 1.25 bits per heavy atom. The van der Waals surface area contributed by atoms with E-state index in [1.807, 2.05) is 18.2 Å². The van der Waals surface area contributed by atoms with Gasteiger partial charge in [-0.3, -0.25) is 4.98 Å². The summed E-state index contributed by atoms with van der Waals surface area (Å²) < 4.78 is 7.46. The Bertz CT molecular complexity index is 899. The molecular weight excluding hydrogens is 433 g/mol. The largest absolute Gasteiger partial charge is 0.483 e. The van der Waals surface area contributed by atoms with Crippen LogP contribution < -0.4 is 4.74 Å². The smallest absolute Gasteiger partial charge is 0.150 e. The summed E-state index contributed by atoms with van der Waals surface area (Å²) in [6.07, 6.45) is 2.77. The van der Waals surface area contributed by atoms with E-state index >= 15 is 0 Å². The van der Waals surface area contributed by atoms with E-state index in [1.165, 1.54) is 11.1 Å². The van der Waals surface area contributed by atoms with Crippen LogP contribution in [0.5, 0.6) is 5.75 Å². The van der Waals surface area contributed by atoms with Gasteiger partial charge in [0.1, 0.15) is 17.4 Å². The van der Waals surface area contributed by atoms with Gasteiger partial charge in [0, 0.05) is 27.0 Å². The number of nitrogens with zero attached hydrogens (tertiary/aromatic N) is 1. The van der Waals surface area contributed by atoms with Crippen molar-refractivity contribution >= 4 is 45.1 Å². The van der Waals surface area contributed by atoms with Crippen molar-refractivity contribution in [3.05, 3.63) is 70.9 Å². The number of aromatic nitrogens is 1. The van der Waals surface area contributed by atoms with Crippen LogP contribution >= 0.6 is 34.2 Å². The second kappa shape index (κ2) is 6.19. The van der Waals surface area contributed by atoms with E-state index < -0.39 is 0 Å². The standard InChI is InChI=1S/C20H17ClINO/c1-20(12-22)11-17(13-6-3-2-4-7-13)24-19-15(20)10-16(21)14-8-5-9-23-18(14)19/h2-10,17H,11-12H2,1H3/t17-,20-/m1/s1. The summed E-state index contributed by atoms with van der Waals surface area (Å²) >= 11 is 9.00. The lowest BCUT2D eigenvalue weighted by molar-refractivity contribution is 0.140. The fourth-order valence-corrected chi connectivity index (χ4v) is 4.41. The molecule has 1 aliphatic rings. The van der Waals surface area contributed by atoms with Gasteiger partial charge >= 0.3 is 0 Å². The van der Waals surface area contributed by atoms with Crippen LogP contribution in [-0.4, -0.2) is 9.41 Å². The minimum atomic E-state index is 0.00397. The molecule has 0 spiro atoms. The van der Waals surface area contributed by atoms with Gasteiger partial charge in [-0.1, -0.05) is 71.4 Å². The van der Waals surface area contributed by atoms with Gasteiger partial charge in [0.15, 0.2) is 0 Å². The molecule has 0 N–H and O–H groups in total. The molecule has 2 atom stereocenters. The van der Waals surface area contributed by atoms with E-state index in [9.17, 15) is 0 Å². The van der Waals surface area contributed by atoms with Crippen LogP contribution in [0.4, 0.5) is 0 Å². The van der Waals surface area contributed by atoms with Gasteiger partial charge in [0.2, 0.25) is 0 Å². The number of fused-ring (bicyclic) bond motifs is 3. The highest BCUT2D eigenvalue weighted by Gasteiger charge is 2.39. The molecule has 0 saturated heterocycles. The molecule has 0 unspecified atom stereocenters. The third-order valence-corrected chi connectivity index (χ3v) is 6.80. The van der Waals surface area contributed by atoms with Crippen molar-refractivity contribution in [1.82, 2.24) is 4.98 Å². The third kappa shape index (κ3) is 2.58. The van der Waals surface area contributed by atoms with E-state index in [-0.39, 0.29) is 11.5 Å². The van der Waals surface area contributed by atoms with Crippen LogP contribution in [-0.2, 0) is 5.41 Å². The number of hydrogen-bond acceptors (Lipinski definition) is 2. The topological polar surface area (TPSA) is 22.1 Å². The molecule has 1 aromatic heterocycles. The number of pyridine rings is 1. The molecule has 2 nitrogen and oxygen atoms in total. The fourth-order valence-electron chi connectivity index (χ4n) is 3.43. The molecule has 122 valence electrons. The van der Waals surface area contributed by atoms with Gasteiger partial charge in [-0.15, -0.1) is 0 Å². The van der Waals surface area contributed by atoms with E-state index in [1.54, 1.807) is 6.20 Å². The molecule has 0 amide bonds. The minimum absolute atomic E-state index is 0.00397.